The van der Waals surface area contributed by atoms with Crippen LogP contribution < -0.4 is 4.67 Å². The number of nitrogens with zero attached hydrogens (tertiary/aromatic N) is 6. The molecule has 11 heteroatoms. The second kappa shape index (κ2) is 11.4. The van der Waals surface area contributed by atoms with Crippen molar-refractivity contribution in [1.82, 2.24) is 19.8 Å². The highest BCUT2D eigenvalue weighted by Gasteiger charge is 2.39. The number of carbonyl (C=O) groups excluding carboxylic acids is 1. The second-order valence-corrected chi connectivity index (χ2v) is 12.4. The molecule has 3 atom stereocenters. The molecule has 0 spiro atoms. The van der Waals surface area contributed by atoms with Gasteiger partial charge in [-0.2, -0.15) is 4.76 Å². The van der Waals surface area contributed by atoms with Crippen LogP contribution in [0.15, 0.2) is 60.0 Å². The number of pyridine rings is 2. The first kappa shape index (κ1) is 29.0. The molecular formula is C30H33ClFN6O2P. The van der Waals surface area contributed by atoms with Gasteiger partial charge in [-0.05, 0) is 62.6 Å². The molecule has 2 aromatic heterocycles. The first-order valence-corrected chi connectivity index (χ1v) is 15.2. The number of amides is 1. The Labute approximate surface area is 245 Å². The molecule has 0 aliphatic carbocycles. The molecule has 0 radical (unpaired) electrons. The van der Waals surface area contributed by atoms with Crippen molar-refractivity contribution in [3.05, 3.63) is 82.9 Å². The van der Waals surface area contributed by atoms with E-state index in [1.165, 1.54) is 12.1 Å². The number of fused-ring (bicyclic) bond motifs is 1. The molecule has 0 N–H and O–H groups in total. The van der Waals surface area contributed by atoms with Crippen molar-refractivity contribution in [3.63, 3.8) is 0 Å². The van der Waals surface area contributed by atoms with Crippen molar-refractivity contribution in [2.24, 2.45) is 4.76 Å². The molecule has 1 aromatic carbocycles. The van der Waals surface area contributed by atoms with E-state index >= 15 is 0 Å². The summed E-state index contributed by atoms with van der Waals surface area (Å²) in [5.74, 6) is 0.304. The van der Waals surface area contributed by atoms with Crippen LogP contribution in [0.2, 0.25) is 5.02 Å². The molecular weight excluding hydrogens is 562 g/mol. The van der Waals surface area contributed by atoms with E-state index in [0.29, 0.717) is 36.0 Å². The minimum atomic E-state index is -2.87. The Morgan fingerprint density at radius 1 is 1.17 bits per heavy atom. The number of benzene rings is 1. The molecule has 1 fully saturated rings. The van der Waals surface area contributed by atoms with E-state index in [1.807, 2.05) is 40.7 Å². The van der Waals surface area contributed by atoms with E-state index < -0.39 is 13.9 Å². The smallest absolute Gasteiger partial charge is 0.277 e. The lowest BCUT2D eigenvalue weighted by Gasteiger charge is -2.46. The summed E-state index contributed by atoms with van der Waals surface area (Å²) >= 11 is 6.80. The lowest BCUT2D eigenvalue weighted by atomic mass is 10.0. The summed E-state index contributed by atoms with van der Waals surface area (Å²) in [6.45, 7) is 14.5. The quantitative estimate of drug-likeness (QED) is 0.245. The Morgan fingerprint density at radius 3 is 2.59 bits per heavy atom. The van der Waals surface area contributed by atoms with E-state index in [0.717, 1.165) is 11.3 Å². The number of aromatic nitrogens is 2. The first-order chi connectivity index (χ1) is 19.5. The lowest BCUT2D eigenvalue weighted by Crippen LogP contribution is -2.59. The SMILES string of the molecule is C=CC(=O)N1C[C@H](C)N(C2=N[PH](=O)N(c3c(C)ccnc3C(C)C)c3nc(-c4ccccc4F)c(Cl)cc32)C[C@H]1C. The molecule has 41 heavy (non-hydrogen) atoms. The van der Waals surface area contributed by atoms with Gasteiger partial charge in [0.25, 0.3) is 8.10 Å². The zero-order valence-corrected chi connectivity index (χ0v) is 25.5. The fraction of sp³-hybridized carbons (Fsp3) is 0.333. The zero-order valence-electron chi connectivity index (χ0n) is 23.7. The van der Waals surface area contributed by atoms with Gasteiger partial charge >= 0.3 is 0 Å². The highest BCUT2D eigenvalue weighted by atomic mass is 35.5. The van der Waals surface area contributed by atoms with Crippen LogP contribution in [0, 0.1) is 12.7 Å². The average Bonchev–Trinajstić information content (AvgIpc) is 2.94. The molecule has 2 aliphatic rings. The summed E-state index contributed by atoms with van der Waals surface area (Å²) in [4.78, 5) is 25.8. The number of anilines is 2. The molecule has 2 aliphatic heterocycles. The molecule has 4 heterocycles. The molecule has 3 aromatic rings. The standard InChI is InChI=1S/C30H33ClFN6O2P/c1-7-25(39)36-15-20(6)37(16-19(36)5)30-22-14-23(31)27(21-10-8-9-11-24(21)32)34-29(22)38(41(40)35-30)28-18(4)12-13-33-26(28)17(2)3/h7-14,17,19-20,41H,1,15-16H2,2-6H3/t19-,20+/m1/s1. The van der Waals surface area contributed by atoms with Crippen LogP contribution in [-0.2, 0) is 9.36 Å². The Kier molecular flexibility index (Phi) is 8.04. The highest BCUT2D eigenvalue weighted by Crippen LogP contribution is 2.51. The first-order valence-electron chi connectivity index (χ1n) is 13.6. The van der Waals surface area contributed by atoms with Crippen molar-refractivity contribution in [3.8, 4) is 11.3 Å². The van der Waals surface area contributed by atoms with Crippen LogP contribution in [0.25, 0.3) is 11.3 Å². The Morgan fingerprint density at radius 2 is 1.90 bits per heavy atom. The van der Waals surface area contributed by atoms with Gasteiger partial charge in [0, 0.05) is 36.9 Å². The Bertz CT molecular complexity index is 1600. The van der Waals surface area contributed by atoms with E-state index in [2.05, 4.69) is 16.5 Å². The van der Waals surface area contributed by atoms with Crippen LogP contribution in [0.1, 0.15) is 50.4 Å². The van der Waals surface area contributed by atoms with Gasteiger partial charge in [0.05, 0.1) is 27.7 Å². The van der Waals surface area contributed by atoms with E-state index in [4.69, 9.17) is 21.3 Å². The highest BCUT2D eigenvalue weighted by molar-refractivity contribution is 7.46. The van der Waals surface area contributed by atoms with Gasteiger partial charge in [-0.3, -0.25) is 19.0 Å². The minimum Gasteiger partial charge on any atom is -0.349 e. The fourth-order valence-corrected chi connectivity index (χ4v) is 7.12. The molecule has 214 valence electrons. The molecule has 1 saturated heterocycles. The van der Waals surface area contributed by atoms with Crippen LogP contribution in [0.4, 0.5) is 15.9 Å². The third kappa shape index (κ3) is 5.17. The summed E-state index contributed by atoms with van der Waals surface area (Å²) < 4.78 is 35.6. The van der Waals surface area contributed by atoms with Crippen LogP contribution in [0.3, 0.4) is 0 Å². The number of carbonyl (C=O) groups is 1. The second-order valence-electron chi connectivity index (χ2n) is 10.8. The van der Waals surface area contributed by atoms with Crippen molar-refractivity contribution in [1.29, 1.82) is 0 Å². The van der Waals surface area contributed by atoms with Gasteiger partial charge < -0.3 is 9.80 Å². The largest absolute Gasteiger partial charge is 0.349 e. The maximum Gasteiger partial charge on any atom is 0.277 e. The summed E-state index contributed by atoms with van der Waals surface area (Å²) in [6, 6.07) is 9.61. The summed E-state index contributed by atoms with van der Waals surface area (Å²) in [7, 11) is -2.87. The molecule has 0 bridgehead atoms. The van der Waals surface area contributed by atoms with Gasteiger partial charge in [-0.1, -0.05) is 44.2 Å². The van der Waals surface area contributed by atoms with Crippen LogP contribution >= 0.6 is 19.7 Å². The van der Waals surface area contributed by atoms with Crippen molar-refractivity contribution >= 4 is 43.0 Å². The third-order valence-electron chi connectivity index (χ3n) is 7.57. The van der Waals surface area contributed by atoms with Gasteiger partial charge in [-0.15, -0.1) is 0 Å². The van der Waals surface area contributed by atoms with Crippen molar-refractivity contribution < 1.29 is 13.8 Å². The van der Waals surface area contributed by atoms with Gasteiger partial charge in [0.1, 0.15) is 11.7 Å². The van der Waals surface area contributed by atoms with Crippen molar-refractivity contribution in [2.45, 2.75) is 52.6 Å². The van der Waals surface area contributed by atoms with Gasteiger partial charge in [0.2, 0.25) is 5.91 Å². The lowest BCUT2D eigenvalue weighted by molar-refractivity contribution is -0.130. The Balaban J connectivity index is 1.72. The maximum absolute atomic E-state index is 15.0. The van der Waals surface area contributed by atoms with Crippen LogP contribution in [-0.4, -0.2) is 56.7 Å². The topological polar surface area (TPSA) is 82.0 Å². The molecule has 1 unspecified atom stereocenters. The van der Waals surface area contributed by atoms with E-state index in [1.54, 1.807) is 40.0 Å². The number of rotatable bonds is 4. The summed E-state index contributed by atoms with van der Waals surface area (Å²) in [5.41, 5.74) is 3.38. The zero-order chi connectivity index (χ0) is 29.6. The normalized spacial score (nSPS) is 20.6. The Hall–Kier alpha value is -3.55. The fourth-order valence-electron chi connectivity index (χ4n) is 5.50. The average molecular weight is 595 g/mol. The number of hydrogen-bond acceptors (Lipinski definition) is 5. The predicted octanol–water partition coefficient (Wildman–Crippen LogP) is 6.76. The molecule has 5 rings (SSSR count). The number of amidine groups is 1. The maximum atomic E-state index is 15.0. The number of hydrogen-bond donors (Lipinski definition) is 0. The monoisotopic (exact) mass is 594 g/mol. The number of aryl methyl sites for hydroxylation is 1. The minimum absolute atomic E-state index is 0.0308. The number of halogens is 2. The predicted molar refractivity (Wildman–Crippen MR) is 163 cm³/mol. The molecule has 1 amide bonds. The molecule has 8 nitrogen and oxygen atoms in total. The van der Waals surface area contributed by atoms with Crippen molar-refractivity contribution in [2.75, 3.05) is 17.8 Å². The third-order valence-corrected chi connectivity index (χ3v) is 9.08. The van der Waals surface area contributed by atoms with E-state index in [-0.39, 0.29) is 40.2 Å². The van der Waals surface area contributed by atoms with Gasteiger partial charge in [-0.25, -0.2) is 9.37 Å². The van der Waals surface area contributed by atoms with Gasteiger partial charge in [0.15, 0.2) is 5.82 Å². The summed E-state index contributed by atoms with van der Waals surface area (Å²) in [6.07, 6.45) is 3.05. The summed E-state index contributed by atoms with van der Waals surface area (Å²) in [5, 5.41) is 0.247. The number of piperazine rings is 1. The van der Waals surface area contributed by atoms with E-state index in [9.17, 15) is 13.8 Å². The molecule has 0 saturated carbocycles. The van der Waals surface area contributed by atoms with Crippen LogP contribution in [0.5, 0.6) is 0 Å².